The molecule has 19 rings (SSSR count). The molecule has 0 saturated carbocycles. The van der Waals surface area contributed by atoms with Gasteiger partial charge in [-0.3, -0.25) is 0 Å². The summed E-state index contributed by atoms with van der Waals surface area (Å²) in [7, 11) is 50.4. The molecule has 0 bridgehead atoms. The summed E-state index contributed by atoms with van der Waals surface area (Å²) in [5.41, 5.74) is 12.0. The maximum absolute atomic E-state index is 5.81. The Morgan fingerprint density at radius 2 is 0.659 bits per heavy atom. The van der Waals surface area contributed by atoms with Gasteiger partial charge in [0.2, 0.25) is 0 Å². The first-order valence-corrected chi connectivity index (χ1v) is 31.2. The minimum Gasteiger partial charge on any atom is -0.135 e. The molecule has 17 heteroatoms. The molecule has 1 aromatic heterocycles. The monoisotopic (exact) mass is 1100 g/mol. The molecule has 0 aliphatic heterocycles. The van der Waals surface area contributed by atoms with Crippen LogP contribution in [-0.2, 0) is 0 Å². The molecule has 18 radical (unpaired) electrons. The average Bonchev–Trinajstić information content (AvgIpc) is 1.49. The number of hydrogen-bond donors (Lipinski definition) is 0. The van der Waals surface area contributed by atoms with Crippen LogP contribution in [0, 0.1) is 6.92 Å². The SMILES string of the molecule is Cc1ccccc1-c1c2cc3c4cccc5c(-c6cccc7c6sc6ccccc67)ccc(c54)c3c3c4ccccc4c(c4c5ccc6c7ccc8c9c(ccc(c%10ccc(c14)c5c%106)c97)-c1ccccc1-8)c23.[B]B([B])B([B])B(B([B])[B])B(B([B])[B])B([B])[B]. The zero-order valence-electron chi connectivity index (χ0n) is 48.2. The van der Waals surface area contributed by atoms with E-state index in [2.05, 4.69) is 207 Å². The summed E-state index contributed by atoms with van der Waals surface area (Å²) in [6.07, 6.45) is -5.02. The number of aryl methyl sites for hydroxylation is 1. The van der Waals surface area contributed by atoms with E-state index < -0.39 is 44.7 Å². The van der Waals surface area contributed by atoms with Crippen LogP contribution in [0.5, 0.6) is 0 Å². The maximum atomic E-state index is 5.81. The smallest absolute Gasteiger partial charge is 0.0434 e. The molecule has 1 aliphatic carbocycles. The van der Waals surface area contributed by atoms with Crippen LogP contribution in [0.4, 0.5) is 0 Å². The van der Waals surface area contributed by atoms with Gasteiger partial charge in [0.05, 0.1) is 0 Å². The van der Waals surface area contributed by atoms with Gasteiger partial charge in [-0.1, -0.05) is 188 Å². The quantitative estimate of drug-likeness (QED) is 0.0808. The molecule has 0 unspecified atom stereocenters. The van der Waals surface area contributed by atoms with Gasteiger partial charge in [-0.2, -0.15) is 0 Å². The van der Waals surface area contributed by atoms with E-state index in [0.717, 1.165) is 0 Å². The number of rotatable bonds is 8. The van der Waals surface area contributed by atoms with Crippen molar-refractivity contribution >= 4 is 275 Å². The third-order valence-corrected chi connectivity index (χ3v) is 21.6. The lowest BCUT2D eigenvalue weighted by Crippen LogP contribution is -2.75. The maximum Gasteiger partial charge on any atom is 0.0434 e. The molecule has 17 aromatic carbocycles. The van der Waals surface area contributed by atoms with Crippen LogP contribution >= 0.6 is 11.3 Å². The molecule has 1 aliphatic rings. The molecule has 1 heterocycles. The van der Waals surface area contributed by atoms with Crippen molar-refractivity contribution in [2.24, 2.45) is 0 Å². The lowest BCUT2D eigenvalue weighted by molar-refractivity contribution is 1.48. The van der Waals surface area contributed by atoms with E-state index in [1.165, 1.54) is 200 Å². The fourth-order valence-electron chi connectivity index (χ4n) is 16.8. The normalized spacial score (nSPS) is 12.3. The predicted octanol–water partition coefficient (Wildman–Crippen LogP) is 14.8. The van der Waals surface area contributed by atoms with Crippen molar-refractivity contribution in [3.8, 4) is 44.5 Å². The minimum atomic E-state index is -0.807. The zero-order valence-corrected chi connectivity index (χ0v) is 49.0. The average molecular weight is 1090 g/mol. The van der Waals surface area contributed by atoms with E-state index in [1.807, 2.05) is 11.3 Å². The Hall–Kier alpha value is -7.84. The highest BCUT2D eigenvalue weighted by molar-refractivity contribution is 8.13. The van der Waals surface area contributed by atoms with Crippen LogP contribution < -0.4 is 0 Å². The first kappa shape index (κ1) is 53.2. The number of hydrogen-bond acceptors (Lipinski definition) is 1. The molecule has 88 heavy (non-hydrogen) atoms. The number of benzene rings is 14. The third-order valence-electron chi connectivity index (χ3n) is 20.4. The van der Waals surface area contributed by atoms with Gasteiger partial charge in [0, 0.05) is 140 Å². The van der Waals surface area contributed by atoms with Crippen molar-refractivity contribution in [3.05, 3.63) is 206 Å². The summed E-state index contributed by atoms with van der Waals surface area (Å²) >= 11 is 1.92. The summed E-state index contributed by atoms with van der Waals surface area (Å²) in [5.74, 6) is 0. The Labute approximate surface area is 528 Å². The molecular weight excluding hydrogens is 1060 g/mol. The van der Waals surface area contributed by atoms with Gasteiger partial charge in [0.1, 0.15) is 0 Å². The summed E-state index contributed by atoms with van der Waals surface area (Å²) < 4.78 is 2.69. The summed E-state index contributed by atoms with van der Waals surface area (Å²) in [5, 5.41) is 35.3. The van der Waals surface area contributed by atoms with Gasteiger partial charge >= 0.3 is 0 Å². The van der Waals surface area contributed by atoms with E-state index in [0.29, 0.717) is 0 Å². The van der Waals surface area contributed by atoms with Crippen molar-refractivity contribution < 1.29 is 0 Å². The second-order valence-electron chi connectivity index (χ2n) is 24.9. The van der Waals surface area contributed by atoms with E-state index in [-0.39, 0.29) is 0 Å². The van der Waals surface area contributed by atoms with Crippen molar-refractivity contribution in [1.82, 2.24) is 0 Å². The number of fused-ring (bicyclic) bond motifs is 19. The van der Waals surface area contributed by atoms with Gasteiger partial charge in [-0.25, -0.2) is 0 Å². The van der Waals surface area contributed by atoms with Gasteiger partial charge in [-0.15, -0.1) is 11.3 Å². The van der Waals surface area contributed by atoms with E-state index in [1.54, 1.807) is 0 Å². The Morgan fingerprint density at radius 3 is 1.31 bits per heavy atom. The summed E-state index contributed by atoms with van der Waals surface area (Å²) in [4.78, 5) is 0. The van der Waals surface area contributed by atoms with Crippen LogP contribution in [0.1, 0.15) is 5.56 Å². The highest BCUT2D eigenvalue weighted by Gasteiger charge is 2.39. The fraction of sp³-hybridized carbons (Fsp3) is 0.0141. The molecule has 0 atom stereocenters. The van der Waals surface area contributed by atoms with Crippen LogP contribution in [0.25, 0.3) is 194 Å². The summed E-state index contributed by atoms with van der Waals surface area (Å²) in [6, 6.07) is 77.3. The van der Waals surface area contributed by atoms with Gasteiger partial charge in [0.15, 0.2) is 0 Å². The minimum absolute atomic E-state index is 0.556. The van der Waals surface area contributed by atoms with Crippen molar-refractivity contribution in [2.75, 3.05) is 0 Å². The molecule has 0 spiro atoms. The first-order valence-electron chi connectivity index (χ1n) is 30.3. The third kappa shape index (κ3) is 7.04. The van der Waals surface area contributed by atoms with Crippen LogP contribution in [-0.4, -0.2) is 114 Å². The van der Waals surface area contributed by atoms with E-state index in [9.17, 15) is 0 Å². The lowest BCUT2D eigenvalue weighted by atomic mass is 8.44. The Bertz CT molecular complexity index is 5900. The predicted molar refractivity (Wildman–Crippen MR) is 406 cm³/mol. The number of thiophene rings is 1. The highest BCUT2D eigenvalue weighted by atomic mass is 32.1. The van der Waals surface area contributed by atoms with Crippen LogP contribution in [0.2, 0.25) is 0 Å². The van der Waals surface area contributed by atoms with Gasteiger partial charge in [-0.05, 0) is 193 Å². The van der Waals surface area contributed by atoms with Gasteiger partial charge < -0.3 is 0 Å². The van der Waals surface area contributed by atoms with Crippen LogP contribution in [0.15, 0.2) is 200 Å². The molecule has 0 amide bonds. The Morgan fingerprint density at radius 1 is 0.250 bits per heavy atom. The molecule has 374 valence electrons. The lowest BCUT2D eigenvalue weighted by Gasteiger charge is -2.37. The van der Waals surface area contributed by atoms with Gasteiger partial charge in [0.25, 0.3) is 0 Å². The van der Waals surface area contributed by atoms with Crippen molar-refractivity contribution in [1.29, 1.82) is 0 Å². The Balaban J connectivity index is 0.000000322. The standard InChI is InChI=1S/C71H36S.B16/c1-35-12-2-3-13-36(35)60-57-34-56-44-20-10-19-41-39(51-21-11-22-52-40-16-8-9-23-58(40)72-71(51)52)24-31-53(59(41)44)65(56)66-42-17-6-7-18-43(42)67(70(57)66)69-55-33-30-50-48-28-26-46-38-15-5-4-14-37(38)45-25-27-47(62(48)61(45)46)49-29-32-54(68(60)69)64(55)63(49)50;1-10(2)14(9)16(13(7)8)15(11(3)4)12(5)6/h2-34H,1H3;. The highest BCUT2D eigenvalue weighted by Crippen LogP contribution is 2.59. The molecule has 0 nitrogen and oxygen atoms in total. The largest absolute Gasteiger partial charge is 0.135 e. The topological polar surface area (TPSA) is 0 Å². The molecule has 18 aromatic rings. The van der Waals surface area contributed by atoms with E-state index >= 15 is 0 Å². The zero-order chi connectivity index (χ0) is 59.4. The summed E-state index contributed by atoms with van der Waals surface area (Å²) in [6.45, 7) is 2.31. The van der Waals surface area contributed by atoms with Crippen molar-refractivity contribution in [3.63, 3.8) is 0 Å². The second kappa shape index (κ2) is 19.3. The second-order valence-corrected chi connectivity index (χ2v) is 25.9. The Kier molecular flexibility index (Phi) is 11.7. The molecule has 0 fully saturated rings. The van der Waals surface area contributed by atoms with Crippen LogP contribution in [0.3, 0.4) is 0 Å². The molecular formula is C71H36B16S. The first-order chi connectivity index (χ1) is 42.9. The fourth-order valence-corrected chi connectivity index (χ4v) is 18.0. The van der Waals surface area contributed by atoms with E-state index in [4.69, 9.17) is 69.6 Å². The molecule has 0 saturated heterocycles. The van der Waals surface area contributed by atoms with Crippen molar-refractivity contribution in [2.45, 2.75) is 6.92 Å². The molecule has 0 N–H and O–H groups in total.